The predicted octanol–water partition coefficient (Wildman–Crippen LogP) is 6.05. The molecule has 0 atom stereocenters. The number of esters is 1. The van der Waals surface area contributed by atoms with E-state index in [1.54, 1.807) is 24.3 Å². The summed E-state index contributed by atoms with van der Waals surface area (Å²) in [6.45, 7) is 0. The average molecular weight is 508 g/mol. The molecule has 1 fully saturated rings. The molecule has 1 amide bonds. The van der Waals surface area contributed by atoms with E-state index in [1.807, 2.05) is 30.3 Å². The topological polar surface area (TPSA) is 84.9 Å². The van der Waals surface area contributed by atoms with E-state index in [-0.39, 0.29) is 36.6 Å². The van der Waals surface area contributed by atoms with Crippen molar-refractivity contribution in [2.75, 3.05) is 12.4 Å². The highest BCUT2D eigenvalue weighted by atomic mass is 35.5. The lowest BCUT2D eigenvalue weighted by Crippen LogP contribution is -2.24. The third-order valence-electron chi connectivity index (χ3n) is 6.48. The lowest BCUT2D eigenvalue weighted by atomic mass is 9.82. The van der Waals surface area contributed by atoms with Crippen molar-refractivity contribution >= 4 is 29.2 Å². The zero-order valence-electron chi connectivity index (χ0n) is 20.2. The molecular weight excluding hydrogens is 478 g/mol. The number of aromatic hydroxyl groups is 1. The first-order valence-corrected chi connectivity index (χ1v) is 12.5. The van der Waals surface area contributed by atoms with E-state index in [4.69, 9.17) is 21.1 Å². The summed E-state index contributed by atoms with van der Waals surface area (Å²) in [5.41, 5.74) is 3.56. The second-order valence-electron chi connectivity index (χ2n) is 9.12. The van der Waals surface area contributed by atoms with Crippen LogP contribution in [-0.4, -0.2) is 30.2 Å². The summed E-state index contributed by atoms with van der Waals surface area (Å²) in [5, 5.41) is 13.3. The first kappa shape index (κ1) is 25.6. The molecule has 3 aromatic carbocycles. The number of nitrogens with one attached hydrogen (secondary N) is 1. The van der Waals surface area contributed by atoms with E-state index >= 15 is 0 Å². The molecule has 1 aliphatic rings. The molecule has 1 saturated carbocycles. The number of halogens is 1. The zero-order valence-corrected chi connectivity index (χ0v) is 21.0. The van der Waals surface area contributed by atoms with E-state index in [1.165, 1.54) is 18.7 Å². The van der Waals surface area contributed by atoms with Crippen molar-refractivity contribution in [2.45, 2.75) is 50.5 Å². The number of carbonyl (C=O) groups excluding carboxylic acids is 2. The smallest absolute Gasteiger partial charge is 0.310 e. The third kappa shape index (κ3) is 7.01. The number of ether oxygens (including phenoxy) is 2. The van der Waals surface area contributed by atoms with Crippen LogP contribution >= 0.6 is 11.6 Å². The van der Waals surface area contributed by atoms with Crippen LogP contribution in [0.25, 0.3) is 0 Å². The van der Waals surface area contributed by atoms with Gasteiger partial charge in [-0.15, -0.1) is 0 Å². The standard InChI is InChI=1S/C29H30ClNO5/c1-35-27-15-20(7-14-26(27)32)16-28(33)31-24-4-2-3-22(18-24)21-8-12-25(13-9-21)36-29(34)17-19-5-10-23(30)11-6-19/h2-7,10-11,14-15,18,21,25,32H,8-9,12-13,16-17H2,1H3,(H,31,33). The number of carbonyl (C=O) groups is 2. The Hall–Kier alpha value is -3.51. The van der Waals surface area contributed by atoms with Gasteiger partial charge >= 0.3 is 5.97 Å². The fraction of sp³-hybridized carbons (Fsp3) is 0.310. The lowest BCUT2D eigenvalue weighted by Gasteiger charge is -2.29. The quantitative estimate of drug-likeness (QED) is 0.363. The Bertz CT molecular complexity index is 1200. The zero-order chi connectivity index (χ0) is 25.5. The molecule has 0 aliphatic heterocycles. The Morgan fingerprint density at radius 3 is 2.39 bits per heavy atom. The number of methoxy groups -OCH3 is 1. The van der Waals surface area contributed by atoms with Crippen LogP contribution in [-0.2, 0) is 27.2 Å². The van der Waals surface area contributed by atoms with Crippen molar-refractivity contribution in [3.05, 3.63) is 88.4 Å². The van der Waals surface area contributed by atoms with Gasteiger partial charge in [0, 0.05) is 10.7 Å². The molecule has 0 aromatic heterocycles. The highest BCUT2D eigenvalue weighted by Crippen LogP contribution is 2.35. The number of amides is 1. The maximum Gasteiger partial charge on any atom is 0.310 e. The van der Waals surface area contributed by atoms with Gasteiger partial charge < -0.3 is 19.9 Å². The molecule has 36 heavy (non-hydrogen) atoms. The molecule has 1 aliphatic carbocycles. The van der Waals surface area contributed by atoms with E-state index in [9.17, 15) is 14.7 Å². The SMILES string of the molecule is COc1cc(CC(=O)Nc2cccc(C3CCC(OC(=O)Cc4ccc(Cl)cc4)CC3)c2)ccc1O. The fourth-order valence-electron chi connectivity index (χ4n) is 4.60. The number of benzene rings is 3. The third-order valence-corrected chi connectivity index (χ3v) is 6.74. The number of rotatable bonds is 8. The fourth-order valence-corrected chi connectivity index (χ4v) is 4.73. The lowest BCUT2D eigenvalue weighted by molar-refractivity contribution is -0.149. The van der Waals surface area contributed by atoms with Crippen molar-refractivity contribution in [3.63, 3.8) is 0 Å². The first-order valence-electron chi connectivity index (χ1n) is 12.1. The highest BCUT2D eigenvalue weighted by molar-refractivity contribution is 6.30. The summed E-state index contributed by atoms with van der Waals surface area (Å²) >= 11 is 5.90. The normalized spacial score (nSPS) is 17.3. The number of hydrogen-bond acceptors (Lipinski definition) is 5. The van der Waals surface area contributed by atoms with Crippen LogP contribution < -0.4 is 10.1 Å². The van der Waals surface area contributed by atoms with Gasteiger partial charge in [-0.25, -0.2) is 0 Å². The molecule has 7 heteroatoms. The van der Waals surface area contributed by atoms with Crippen LogP contribution in [0.15, 0.2) is 66.7 Å². The molecule has 188 valence electrons. The van der Waals surface area contributed by atoms with Crippen LogP contribution in [0.5, 0.6) is 11.5 Å². The molecule has 0 unspecified atom stereocenters. The van der Waals surface area contributed by atoms with E-state index in [2.05, 4.69) is 11.4 Å². The highest BCUT2D eigenvalue weighted by Gasteiger charge is 2.25. The number of anilines is 1. The van der Waals surface area contributed by atoms with Gasteiger partial charge in [0.15, 0.2) is 11.5 Å². The summed E-state index contributed by atoms with van der Waals surface area (Å²) in [6.07, 6.45) is 3.83. The van der Waals surface area contributed by atoms with E-state index in [0.29, 0.717) is 16.7 Å². The predicted molar refractivity (Wildman–Crippen MR) is 140 cm³/mol. The van der Waals surface area contributed by atoms with Crippen molar-refractivity contribution in [1.29, 1.82) is 0 Å². The van der Waals surface area contributed by atoms with Gasteiger partial charge in [-0.05, 0) is 84.7 Å². The number of phenolic OH excluding ortho intramolecular Hbond substituents is 1. The minimum Gasteiger partial charge on any atom is -0.504 e. The summed E-state index contributed by atoms with van der Waals surface area (Å²) in [7, 11) is 1.48. The van der Waals surface area contributed by atoms with Gasteiger partial charge in [0.1, 0.15) is 6.10 Å². The molecular formula is C29H30ClNO5. The Balaban J connectivity index is 1.27. The molecule has 6 nitrogen and oxygen atoms in total. The second kappa shape index (κ2) is 12.0. The van der Waals surface area contributed by atoms with Gasteiger partial charge in [-0.2, -0.15) is 0 Å². The molecule has 0 bridgehead atoms. The molecule has 4 rings (SSSR count). The van der Waals surface area contributed by atoms with Crippen molar-refractivity contribution in [1.82, 2.24) is 0 Å². The van der Waals surface area contributed by atoms with Gasteiger partial charge in [-0.3, -0.25) is 9.59 Å². The Morgan fingerprint density at radius 2 is 1.67 bits per heavy atom. The van der Waals surface area contributed by atoms with Crippen molar-refractivity contribution < 1.29 is 24.2 Å². The van der Waals surface area contributed by atoms with E-state index < -0.39 is 0 Å². The largest absolute Gasteiger partial charge is 0.504 e. The molecule has 0 heterocycles. The monoisotopic (exact) mass is 507 g/mol. The Labute approximate surface area is 216 Å². The molecule has 3 aromatic rings. The van der Waals surface area contributed by atoms with Gasteiger partial charge in [-0.1, -0.05) is 41.9 Å². The van der Waals surface area contributed by atoms with Gasteiger partial charge in [0.25, 0.3) is 0 Å². The maximum absolute atomic E-state index is 12.6. The molecule has 2 N–H and O–H groups in total. The summed E-state index contributed by atoms with van der Waals surface area (Å²) in [4.78, 5) is 24.9. The Morgan fingerprint density at radius 1 is 0.944 bits per heavy atom. The molecule has 0 spiro atoms. The average Bonchev–Trinajstić information content (AvgIpc) is 2.87. The summed E-state index contributed by atoms with van der Waals surface area (Å²) in [6, 6.07) is 20.0. The van der Waals surface area contributed by atoms with Crippen LogP contribution in [0.2, 0.25) is 5.02 Å². The van der Waals surface area contributed by atoms with Crippen LogP contribution in [0.4, 0.5) is 5.69 Å². The summed E-state index contributed by atoms with van der Waals surface area (Å²) < 4.78 is 10.8. The molecule has 0 radical (unpaired) electrons. The minimum absolute atomic E-state index is 0.0420. The number of phenols is 1. The summed E-state index contributed by atoms with van der Waals surface area (Å²) in [5.74, 6) is 0.385. The Kier molecular flexibility index (Phi) is 8.49. The van der Waals surface area contributed by atoms with E-state index in [0.717, 1.165) is 42.5 Å². The minimum atomic E-state index is -0.211. The maximum atomic E-state index is 12.6. The van der Waals surface area contributed by atoms with Crippen LogP contribution in [0.1, 0.15) is 48.3 Å². The van der Waals surface area contributed by atoms with Crippen molar-refractivity contribution in [3.8, 4) is 11.5 Å². The first-order chi connectivity index (χ1) is 17.4. The van der Waals surface area contributed by atoms with Gasteiger partial charge in [0.2, 0.25) is 5.91 Å². The second-order valence-corrected chi connectivity index (χ2v) is 9.56. The van der Waals surface area contributed by atoms with Crippen molar-refractivity contribution in [2.24, 2.45) is 0 Å². The van der Waals surface area contributed by atoms with Crippen LogP contribution in [0, 0.1) is 0 Å². The van der Waals surface area contributed by atoms with Crippen LogP contribution in [0.3, 0.4) is 0 Å². The number of hydrogen-bond donors (Lipinski definition) is 2. The molecule has 0 saturated heterocycles. The van der Waals surface area contributed by atoms with Gasteiger partial charge in [0.05, 0.1) is 20.0 Å².